The van der Waals surface area contributed by atoms with Crippen molar-refractivity contribution in [3.63, 3.8) is 0 Å². The number of amides is 1. The molecule has 1 amide bonds. The summed E-state index contributed by atoms with van der Waals surface area (Å²) in [6.45, 7) is 4.10. The van der Waals surface area contributed by atoms with Gasteiger partial charge in [0.2, 0.25) is 5.91 Å². The number of carbonyl (C=O) groups is 2. The molecule has 0 radical (unpaired) electrons. The predicted octanol–water partition coefficient (Wildman–Crippen LogP) is 1.22. The molecule has 2 N–H and O–H groups in total. The van der Waals surface area contributed by atoms with Crippen LogP contribution < -0.4 is 10.6 Å². The fraction of sp³-hybridized carbons (Fsp3) is 0.867. The van der Waals surface area contributed by atoms with Crippen molar-refractivity contribution >= 4 is 11.9 Å². The molecular weight excluding hydrogens is 256 g/mol. The molecule has 1 atom stereocenters. The SMILES string of the molecule is CCOC(=O)C1CCC(NC(=O)C2CCCNC2)CC1. The van der Waals surface area contributed by atoms with Crippen LogP contribution in [0, 0.1) is 11.8 Å². The molecule has 1 aliphatic heterocycles. The maximum Gasteiger partial charge on any atom is 0.308 e. The Hall–Kier alpha value is -1.10. The zero-order chi connectivity index (χ0) is 14.4. The minimum absolute atomic E-state index is 0.0273. The Kier molecular flexibility index (Phi) is 5.83. The number of carbonyl (C=O) groups excluding carboxylic acids is 2. The lowest BCUT2D eigenvalue weighted by atomic mass is 9.85. The Morgan fingerprint density at radius 2 is 1.90 bits per heavy atom. The average Bonchev–Trinajstić information content (AvgIpc) is 2.49. The first-order valence-electron chi connectivity index (χ1n) is 7.88. The first-order valence-corrected chi connectivity index (χ1v) is 7.88. The fourth-order valence-corrected chi connectivity index (χ4v) is 3.13. The maximum absolute atomic E-state index is 12.1. The van der Waals surface area contributed by atoms with Crippen LogP contribution in [0.3, 0.4) is 0 Å². The van der Waals surface area contributed by atoms with Crippen molar-refractivity contribution in [1.29, 1.82) is 0 Å². The van der Waals surface area contributed by atoms with Gasteiger partial charge in [0.25, 0.3) is 0 Å². The molecule has 1 aliphatic carbocycles. The van der Waals surface area contributed by atoms with E-state index in [1.54, 1.807) is 0 Å². The zero-order valence-corrected chi connectivity index (χ0v) is 12.3. The molecule has 0 spiro atoms. The smallest absolute Gasteiger partial charge is 0.308 e. The van der Waals surface area contributed by atoms with Crippen molar-refractivity contribution in [2.24, 2.45) is 11.8 Å². The van der Waals surface area contributed by atoms with E-state index in [1.165, 1.54) is 0 Å². The van der Waals surface area contributed by atoms with Gasteiger partial charge < -0.3 is 15.4 Å². The average molecular weight is 282 g/mol. The molecule has 20 heavy (non-hydrogen) atoms. The number of rotatable bonds is 4. The monoisotopic (exact) mass is 282 g/mol. The topological polar surface area (TPSA) is 67.4 Å². The molecule has 1 heterocycles. The van der Waals surface area contributed by atoms with Crippen LogP contribution in [0.25, 0.3) is 0 Å². The van der Waals surface area contributed by atoms with E-state index in [-0.39, 0.29) is 29.8 Å². The highest BCUT2D eigenvalue weighted by Gasteiger charge is 2.29. The number of hydrogen-bond acceptors (Lipinski definition) is 4. The predicted molar refractivity (Wildman–Crippen MR) is 76.1 cm³/mol. The van der Waals surface area contributed by atoms with Crippen LogP contribution >= 0.6 is 0 Å². The second-order valence-corrected chi connectivity index (χ2v) is 5.85. The quantitative estimate of drug-likeness (QED) is 0.761. The van der Waals surface area contributed by atoms with Crippen molar-refractivity contribution in [2.75, 3.05) is 19.7 Å². The third-order valence-corrected chi connectivity index (χ3v) is 4.36. The van der Waals surface area contributed by atoms with Crippen LogP contribution in [0.1, 0.15) is 45.4 Å². The summed E-state index contributed by atoms with van der Waals surface area (Å²) in [4.78, 5) is 23.8. The largest absolute Gasteiger partial charge is 0.466 e. The number of nitrogens with one attached hydrogen (secondary N) is 2. The minimum atomic E-state index is -0.0752. The Balaban J connectivity index is 1.71. The van der Waals surface area contributed by atoms with E-state index in [4.69, 9.17) is 4.74 Å². The molecule has 1 saturated heterocycles. The van der Waals surface area contributed by atoms with E-state index in [9.17, 15) is 9.59 Å². The van der Waals surface area contributed by atoms with Crippen molar-refractivity contribution in [1.82, 2.24) is 10.6 Å². The van der Waals surface area contributed by atoms with Crippen LogP contribution in [0.2, 0.25) is 0 Å². The summed E-state index contributed by atoms with van der Waals surface area (Å²) in [6.07, 6.45) is 5.48. The number of piperidine rings is 1. The standard InChI is InChI=1S/C15H26N2O3/c1-2-20-15(19)11-5-7-13(8-6-11)17-14(18)12-4-3-9-16-10-12/h11-13,16H,2-10H2,1H3,(H,17,18). The molecule has 5 nitrogen and oxygen atoms in total. The molecule has 0 aromatic rings. The minimum Gasteiger partial charge on any atom is -0.466 e. The highest BCUT2D eigenvalue weighted by Crippen LogP contribution is 2.25. The van der Waals surface area contributed by atoms with E-state index >= 15 is 0 Å². The fourth-order valence-electron chi connectivity index (χ4n) is 3.13. The van der Waals surface area contributed by atoms with Crippen molar-refractivity contribution in [2.45, 2.75) is 51.5 Å². The van der Waals surface area contributed by atoms with Gasteiger partial charge in [-0.2, -0.15) is 0 Å². The van der Waals surface area contributed by atoms with Gasteiger partial charge in [0.15, 0.2) is 0 Å². The maximum atomic E-state index is 12.1. The number of esters is 1. The summed E-state index contributed by atoms with van der Waals surface area (Å²) in [5.41, 5.74) is 0. The third kappa shape index (κ3) is 4.20. The summed E-state index contributed by atoms with van der Waals surface area (Å²) in [7, 11) is 0. The van der Waals surface area contributed by atoms with Gasteiger partial charge >= 0.3 is 5.97 Å². The van der Waals surface area contributed by atoms with E-state index < -0.39 is 0 Å². The molecule has 0 aromatic carbocycles. The van der Waals surface area contributed by atoms with E-state index in [0.29, 0.717) is 6.61 Å². The highest BCUT2D eigenvalue weighted by molar-refractivity contribution is 5.79. The zero-order valence-electron chi connectivity index (χ0n) is 12.3. The van der Waals surface area contributed by atoms with Crippen LogP contribution in [0.5, 0.6) is 0 Å². The Morgan fingerprint density at radius 3 is 2.50 bits per heavy atom. The third-order valence-electron chi connectivity index (χ3n) is 4.36. The van der Waals surface area contributed by atoms with Crippen LogP contribution in [0.4, 0.5) is 0 Å². The Bertz CT molecular complexity index is 332. The van der Waals surface area contributed by atoms with Gasteiger partial charge in [0.1, 0.15) is 0 Å². The lowest BCUT2D eigenvalue weighted by molar-refractivity contribution is -0.149. The molecule has 2 rings (SSSR count). The first-order chi connectivity index (χ1) is 9.70. The molecule has 5 heteroatoms. The van der Waals surface area contributed by atoms with Gasteiger partial charge in [-0.3, -0.25) is 9.59 Å². The lowest BCUT2D eigenvalue weighted by Gasteiger charge is -2.30. The molecule has 2 aliphatic rings. The molecule has 0 aromatic heterocycles. The summed E-state index contributed by atoms with van der Waals surface area (Å²) in [5.74, 6) is 0.247. The van der Waals surface area contributed by atoms with Crippen LogP contribution in [0.15, 0.2) is 0 Å². The highest BCUT2D eigenvalue weighted by atomic mass is 16.5. The molecule has 2 fully saturated rings. The van der Waals surface area contributed by atoms with Crippen molar-refractivity contribution < 1.29 is 14.3 Å². The van der Waals surface area contributed by atoms with Crippen molar-refractivity contribution in [3.05, 3.63) is 0 Å². The molecule has 0 bridgehead atoms. The Morgan fingerprint density at radius 1 is 1.15 bits per heavy atom. The molecule has 114 valence electrons. The van der Waals surface area contributed by atoms with Crippen LogP contribution in [-0.4, -0.2) is 37.6 Å². The summed E-state index contributed by atoms with van der Waals surface area (Å²) in [5, 5.41) is 6.42. The van der Waals surface area contributed by atoms with Gasteiger partial charge in [-0.25, -0.2) is 0 Å². The van der Waals surface area contributed by atoms with Crippen molar-refractivity contribution in [3.8, 4) is 0 Å². The van der Waals surface area contributed by atoms with E-state index in [0.717, 1.165) is 51.6 Å². The summed E-state index contributed by atoms with van der Waals surface area (Å²) in [6, 6.07) is 0.232. The van der Waals surface area contributed by atoms with Gasteiger partial charge in [0, 0.05) is 12.6 Å². The molecule has 1 saturated carbocycles. The van der Waals surface area contributed by atoms with E-state index in [1.807, 2.05) is 6.92 Å². The van der Waals surface area contributed by atoms with Gasteiger partial charge in [-0.1, -0.05) is 0 Å². The van der Waals surface area contributed by atoms with Crippen LogP contribution in [-0.2, 0) is 14.3 Å². The molecular formula is C15H26N2O3. The van der Waals surface area contributed by atoms with Gasteiger partial charge in [-0.15, -0.1) is 0 Å². The summed E-state index contributed by atoms with van der Waals surface area (Å²) >= 11 is 0. The second kappa shape index (κ2) is 7.62. The first kappa shape index (κ1) is 15.3. The van der Waals surface area contributed by atoms with Gasteiger partial charge in [-0.05, 0) is 52.0 Å². The Labute approximate surface area is 120 Å². The van der Waals surface area contributed by atoms with E-state index in [2.05, 4.69) is 10.6 Å². The number of ether oxygens (including phenoxy) is 1. The second-order valence-electron chi connectivity index (χ2n) is 5.85. The van der Waals surface area contributed by atoms with Gasteiger partial charge in [0.05, 0.1) is 18.4 Å². The molecule has 1 unspecified atom stereocenters. The number of hydrogen-bond donors (Lipinski definition) is 2. The lowest BCUT2D eigenvalue weighted by Crippen LogP contribution is -2.45. The normalized spacial score (nSPS) is 30.6. The summed E-state index contributed by atoms with van der Waals surface area (Å²) < 4.78 is 5.06.